The van der Waals surface area contributed by atoms with Crippen molar-refractivity contribution >= 4 is 11.8 Å². The third-order valence-electron chi connectivity index (χ3n) is 2.16. The summed E-state index contributed by atoms with van der Waals surface area (Å²) >= 11 is 0. The predicted octanol–water partition coefficient (Wildman–Crippen LogP) is 0.650. The summed E-state index contributed by atoms with van der Waals surface area (Å²) in [7, 11) is 0. The van der Waals surface area contributed by atoms with Gasteiger partial charge in [0.15, 0.2) is 0 Å². The number of rotatable bonds is 2. The van der Waals surface area contributed by atoms with Crippen molar-refractivity contribution in [1.29, 1.82) is 0 Å². The Balaban J connectivity index is 2.77. The lowest BCUT2D eigenvalue weighted by Gasteiger charge is -2.04. The van der Waals surface area contributed by atoms with Gasteiger partial charge in [0.1, 0.15) is 11.4 Å². The molecule has 0 bridgehead atoms. The smallest absolute Gasteiger partial charge is 0.342 e. The molecular formula is C10H9N3O3. The zero-order valence-electron chi connectivity index (χ0n) is 8.15. The fraction of sp³-hybridized carbons (Fsp3) is 0. The van der Waals surface area contributed by atoms with Gasteiger partial charge >= 0.3 is 5.97 Å². The van der Waals surface area contributed by atoms with Crippen molar-refractivity contribution in [3.8, 4) is 11.3 Å². The van der Waals surface area contributed by atoms with Gasteiger partial charge in [0.2, 0.25) is 0 Å². The maximum Gasteiger partial charge on any atom is 0.342 e. The standard InChI is InChI=1S/C10H9N3O3/c11-7-4-5(6-2-1-3-12-6)8(10(15)16)9(14)13-7/h1-4,12H,(H,15,16)(H3,11,13,14). The van der Waals surface area contributed by atoms with Crippen molar-refractivity contribution in [2.45, 2.75) is 0 Å². The monoisotopic (exact) mass is 219 g/mol. The molecule has 0 amide bonds. The minimum Gasteiger partial charge on any atom is -0.477 e. The molecule has 0 saturated carbocycles. The average molecular weight is 219 g/mol. The van der Waals surface area contributed by atoms with E-state index in [4.69, 9.17) is 10.8 Å². The number of anilines is 1. The summed E-state index contributed by atoms with van der Waals surface area (Å²) in [5.74, 6) is -1.16. The van der Waals surface area contributed by atoms with E-state index in [0.29, 0.717) is 5.69 Å². The van der Waals surface area contributed by atoms with Crippen molar-refractivity contribution in [3.05, 3.63) is 40.3 Å². The second-order valence-corrected chi connectivity index (χ2v) is 3.23. The molecule has 0 aromatic carbocycles. The van der Waals surface area contributed by atoms with Crippen LogP contribution in [0.5, 0.6) is 0 Å². The van der Waals surface area contributed by atoms with E-state index in [1.807, 2.05) is 0 Å². The lowest BCUT2D eigenvalue weighted by molar-refractivity contribution is 0.0696. The van der Waals surface area contributed by atoms with E-state index in [1.165, 1.54) is 6.07 Å². The highest BCUT2D eigenvalue weighted by Crippen LogP contribution is 2.20. The minimum atomic E-state index is -1.29. The molecule has 0 unspecified atom stereocenters. The molecule has 5 N–H and O–H groups in total. The number of carboxylic acids is 1. The summed E-state index contributed by atoms with van der Waals surface area (Å²) < 4.78 is 0. The summed E-state index contributed by atoms with van der Waals surface area (Å²) in [5, 5.41) is 8.96. The van der Waals surface area contributed by atoms with E-state index in [1.54, 1.807) is 18.3 Å². The number of aromatic nitrogens is 2. The van der Waals surface area contributed by atoms with Crippen molar-refractivity contribution in [2.24, 2.45) is 0 Å². The Labute approximate surface area is 89.7 Å². The molecule has 2 rings (SSSR count). The maximum absolute atomic E-state index is 11.5. The zero-order valence-corrected chi connectivity index (χ0v) is 8.15. The highest BCUT2D eigenvalue weighted by Gasteiger charge is 2.17. The molecular weight excluding hydrogens is 210 g/mol. The Kier molecular flexibility index (Phi) is 2.24. The van der Waals surface area contributed by atoms with E-state index < -0.39 is 11.5 Å². The van der Waals surface area contributed by atoms with E-state index in [9.17, 15) is 9.59 Å². The van der Waals surface area contributed by atoms with Gasteiger partial charge < -0.3 is 20.8 Å². The van der Waals surface area contributed by atoms with Gasteiger partial charge in [-0.2, -0.15) is 0 Å². The number of H-pyrrole nitrogens is 2. The van der Waals surface area contributed by atoms with Crippen LogP contribution in [-0.4, -0.2) is 21.0 Å². The van der Waals surface area contributed by atoms with Crippen LogP contribution in [0.15, 0.2) is 29.2 Å². The van der Waals surface area contributed by atoms with Gasteiger partial charge in [-0.15, -0.1) is 0 Å². The van der Waals surface area contributed by atoms with E-state index >= 15 is 0 Å². The van der Waals surface area contributed by atoms with Gasteiger partial charge in [0.05, 0.1) is 0 Å². The molecule has 2 aromatic heterocycles. The van der Waals surface area contributed by atoms with Crippen LogP contribution in [0.3, 0.4) is 0 Å². The van der Waals surface area contributed by atoms with Crippen LogP contribution in [0, 0.1) is 0 Å². The highest BCUT2D eigenvalue weighted by atomic mass is 16.4. The molecule has 82 valence electrons. The number of hydrogen-bond donors (Lipinski definition) is 4. The molecule has 0 atom stereocenters. The van der Waals surface area contributed by atoms with Gasteiger partial charge in [-0.25, -0.2) is 4.79 Å². The van der Waals surface area contributed by atoms with Crippen LogP contribution in [0.2, 0.25) is 0 Å². The Morgan fingerprint density at radius 2 is 2.19 bits per heavy atom. The van der Waals surface area contributed by atoms with Crippen molar-refractivity contribution in [1.82, 2.24) is 9.97 Å². The van der Waals surface area contributed by atoms with E-state index in [2.05, 4.69) is 9.97 Å². The topological polar surface area (TPSA) is 112 Å². The Bertz CT molecular complexity index is 584. The normalized spacial score (nSPS) is 10.2. The van der Waals surface area contributed by atoms with E-state index in [0.717, 1.165) is 0 Å². The first-order chi connectivity index (χ1) is 7.59. The van der Waals surface area contributed by atoms with E-state index in [-0.39, 0.29) is 16.9 Å². The lowest BCUT2D eigenvalue weighted by atomic mass is 10.1. The fourth-order valence-corrected chi connectivity index (χ4v) is 1.50. The molecule has 2 heterocycles. The number of nitrogens with one attached hydrogen (secondary N) is 2. The van der Waals surface area contributed by atoms with Crippen LogP contribution >= 0.6 is 0 Å². The number of nitrogens with two attached hydrogens (primary N) is 1. The average Bonchev–Trinajstić information content (AvgIpc) is 2.67. The number of nitrogen functional groups attached to an aromatic ring is 1. The van der Waals surface area contributed by atoms with Gasteiger partial charge in [-0.3, -0.25) is 4.79 Å². The summed E-state index contributed by atoms with van der Waals surface area (Å²) in [5.41, 5.74) is 5.25. The summed E-state index contributed by atoms with van der Waals surface area (Å²) in [6, 6.07) is 4.79. The Hall–Kier alpha value is -2.50. The molecule has 0 fully saturated rings. The first-order valence-corrected chi connectivity index (χ1v) is 4.49. The largest absolute Gasteiger partial charge is 0.477 e. The summed E-state index contributed by atoms with van der Waals surface area (Å²) in [6.45, 7) is 0. The highest BCUT2D eigenvalue weighted by molar-refractivity contribution is 5.95. The first-order valence-electron chi connectivity index (χ1n) is 4.49. The summed E-state index contributed by atoms with van der Waals surface area (Å²) in [6.07, 6.45) is 1.64. The molecule has 16 heavy (non-hydrogen) atoms. The zero-order chi connectivity index (χ0) is 11.7. The van der Waals surface area contributed by atoms with Crippen molar-refractivity contribution < 1.29 is 9.90 Å². The van der Waals surface area contributed by atoms with Crippen LogP contribution in [-0.2, 0) is 0 Å². The molecule has 0 aliphatic carbocycles. The lowest BCUT2D eigenvalue weighted by Crippen LogP contribution is -2.20. The quantitative estimate of drug-likeness (QED) is 0.594. The first kappa shape index (κ1) is 10.0. The minimum absolute atomic E-state index is 0.125. The second-order valence-electron chi connectivity index (χ2n) is 3.23. The number of aromatic amines is 2. The van der Waals surface area contributed by atoms with Gasteiger partial charge in [-0.05, 0) is 18.2 Å². The third kappa shape index (κ3) is 1.56. The molecule has 0 saturated heterocycles. The number of hydrogen-bond acceptors (Lipinski definition) is 3. The van der Waals surface area contributed by atoms with Crippen LogP contribution < -0.4 is 11.3 Å². The molecule has 6 heteroatoms. The molecule has 0 aliphatic rings. The number of carbonyl (C=O) groups is 1. The third-order valence-corrected chi connectivity index (χ3v) is 2.16. The molecule has 6 nitrogen and oxygen atoms in total. The van der Waals surface area contributed by atoms with Crippen molar-refractivity contribution in [3.63, 3.8) is 0 Å². The fourth-order valence-electron chi connectivity index (χ4n) is 1.50. The molecule has 2 aromatic rings. The Morgan fingerprint density at radius 3 is 2.75 bits per heavy atom. The second kappa shape index (κ2) is 3.58. The molecule has 0 spiro atoms. The Morgan fingerprint density at radius 1 is 1.44 bits per heavy atom. The molecule has 0 aliphatic heterocycles. The number of carboxylic acid groups (broad SMARTS) is 1. The van der Waals surface area contributed by atoms with Gasteiger partial charge in [-0.1, -0.05) is 0 Å². The summed E-state index contributed by atoms with van der Waals surface area (Å²) in [4.78, 5) is 27.5. The number of pyridine rings is 1. The van der Waals surface area contributed by atoms with Crippen molar-refractivity contribution in [2.75, 3.05) is 5.73 Å². The van der Waals surface area contributed by atoms with Crippen LogP contribution in [0.4, 0.5) is 5.82 Å². The SMILES string of the molecule is Nc1cc(-c2ccc[nH]2)c(C(=O)O)c(=O)[nH]1. The van der Waals surface area contributed by atoms with Gasteiger partial charge in [0, 0.05) is 17.5 Å². The van der Waals surface area contributed by atoms with Crippen LogP contribution in [0.1, 0.15) is 10.4 Å². The van der Waals surface area contributed by atoms with Crippen LogP contribution in [0.25, 0.3) is 11.3 Å². The predicted molar refractivity (Wildman–Crippen MR) is 58.2 cm³/mol. The molecule has 0 radical (unpaired) electrons. The maximum atomic E-state index is 11.5. The number of aromatic carboxylic acids is 1. The van der Waals surface area contributed by atoms with Gasteiger partial charge in [0.25, 0.3) is 5.56 Å².